The summed E-state index contributed by atoms with van der Waals surface area (Å²) in [5.41, 5.74) is 0. The number of amides is 1. The van der Waals surface area contributed by atoms with Crippen molar-refractivity contribution >= 4 is 25.7 Å². The molecule has 0 aliphatic heterocycles. The van der Waals surface area contributed by atoms with E-state index in [0.29, 0.717) is 19.3 Å². The molecular formula is C52H84NO10P. The van der Waals surface area contributed by atoms with E-state index in [1.165, 1.54) is 25.7 Å². The highest BCUT2D eigenvalue weighted by Gasteiger charge is 2.28. The Labute approximate surface area is 386 Å². The van der Waals surface area contributed by atoms with Gasteiger partial charge >= 0.3 is 19.8 Å². The van der Waals surface area contributed by atoms with E-state index in [2.05, 4.69) is 116 Å². The minimum atomic E-state index is -4.78. The number of aliphatic hydroxyl groups is 1. The lowest BCUT2D eigenvalue weighted by Crippen LogP contribution is -2.43. The Morgan fingerprint density at radius 1 is 0.516 bits per heavy atom. The van der Waals surface area contributed by atoms with Crippen LogP contribution in [0.15, 0.2) is 109 Å². The maximum atomic E-state index is 12.3. The molecule has 0 rings (SSSR count). The molecule has 0 radical (unpaired) electrons. The number of unbranched alkanes of at least 4 members (excludes halogenated alkanes) is 11. The number of carboxylic acid groups (broad SMARTS) is 1. The molecule has 0 aliphatic carbocycles. The van der Waals surface area contributed by atoms with Crippen LogP contribution in [0.25, 0.3) is 0 Å². The third-order valence-corrected chi connectivity index (χ3v) is 10.5. The number of phosphoric ester groups is 1. The van der Waals surface area contributed by atoms with E-state index in [1.807, 2.05) is 12.2 Å². The lowest BCUT2D eigenvalue weighted by Gasteiger charge is -2.18. The zero-order valence-corrected chi connectivity index (χ0v) is 40.2. The highest BCUT2D eigenvalue weighted by atomic mass is 31.2. The summed E-state index contributed by atoms with van der Waals surface area (Å²) in [4.78, 5) is 46.0. The molecule has 1 amide bonds. The Morgan fingerprint density at radius 3 is 1.39 bits per heavy atom. The van der Waals surface area contributed by atoms with Gasteiger partial charge in [-0.3, -0.25) is 18.6 Å². The van der Waals surface area contributed by atoms with Crippen molar-refractivity contribution in [2.45, 2.75) is 180 Å². The number of aliphatic carboxylic acids is 1. The Balaban J connectivity index is 3.99. The fourth-order valence-corrected chi connectivity index (χ4v) is 6.63. The van der Waals surface area contributed by atoms with Gasteiger partial charge in [0.1, 0.15) is 12.7 Å². The fourth-order valence-electron chi connectivity index (χ4n) is 5.86. The fraction of sp³-hybridized carbons (Fsp3) is 0.596. The molecular weight excluding hydrogens is 830 g/mol. The molecule has 0 fully saturated rings. The molecule has 0 aliphatic rings. The van der Waals surface area contributed by atoms with E-state index in [1.54, 1.807) is 0 Å². The van der Waals surface area contributed by atoms with E-state index in [4.69, 9.17) is 13.8 Å². The standard InChI is InChI=1S/C52H84NO10P/c1-3-5-7-9-11-13-15-17-19-21-22-23-24-25-26-28-30-32-34-36-38-40-42-44-51(56)61-45-48(54)46-62-64(59,60)63-47-49(52(57)58)53-50(55)43-41-39-37-35-33-31-29-27-20-18-16-14-12-10-8-6-4-2/h5,7,11-14,17-20,22-23,25-26,30,32,36,38,48-49,54H,3-4,6,8-10,15-16,21,24,27-29,31,33-35,37,39-47H2,1-2H3,(H,53,55)(H,57,58)(H,59,60)/b7-5-,13-11-,14-12-,19-17-,20-18-,23-22-,26-25-,32-30-,38-36-. The second-order valence-electron chi connectivity index (χ2n) is 15.6. The third kappa shape index (κ3) is 44.7. The molecule has 0 saturated heterocycles. The van der Waals surface area contributed by atoms with Crippen LogP contribution < -0.4 is 5.32 Å². The van der Waals surface area contributed by atoms with Crippen LogP contribution in [0.4, 0.5) is 0 Å². The number of carbonyl (C=O) groups is 3. The molecule has 0 spiro atoms. The predicted molar refractivity (Wildman–Crippen MR) is 263 cm³/mol. The van der Waals surface area contributed by atoms with Crippen molar-refractivity contribution < 1.29 is 47.8 Å². The largest absolute Gasteiger partial charge is 0.480 e. The second kappa shape index (κ2) is 45.7. The highest BCUT2D eigenvalue weighted by molar-refractivity contribution is 7.47. The van der Waals surface area contributed by atoms with Crippen LogP contribution in [0, 0.1) is 0 Å². The van der Waals surface area contributed by atoms with E-state index < -0.39 is 57.6 Å². The van der Waals surface area contributed by atoms with Crippen molar-refractivity contribution in [3.63, 3.8) is 0 Å². The van der Waals surface area contributed by atoms with Crippen LogP contribution in [0.2, 0.25) is 0 Å². The maximum absolute atomic E-state index is 12.3. The number of hydrogen-bond donors (Lipinski definition) is 4. The van der Waals surface area contributed by atoms with Gasteiger partial charge in [-0.05, 0) is 96.3 Å². The molecule has 11 nitrogen and oxygen atoms in total. The number of rotatable bonds is 43. The molecule has 12 heteroatoms. The number of allylic oxidation sites excluding steroid dienone is 18. The zero-order chi connectivity index (χ0) is 47.0. The smallest absolute Gasteiger partial charge is 0.472 e. The first-order valence-corrected chi connectivity index (χ1v) is 25.4. The number of phosphoric acid groups is 1. The summed E-state index contributed by atoms with van der Waals surface area (Å²) in [6.45, 7) is 2.38. The van der Waals surface area contributed by atoms with Crippen molar-refractivity contribution in [3.8, 4) is 0 Å². The molecule has 4 N–H and O–H groups in total. The van der Waals surface area contributed by atoms with Crippen LogP contribution in [0.3, 0.4) is 0 Å². The summed E-state index contributed by atoms with van der Waals surface area (Å²) >= 11 is 0. The Bertz CT molecular complexity index is 1490. The van der Waals surface area contributed by atoms with Gasteiger partial charge in [0.25, 0.3) is 0 Å². The summed E-state index contributed by atoms with van der Waals surface area (Å²) in [6, 6.07) is -1.56. The lowest BCUT2D eigenvalue weighted by atomic mass is 10.1. The number of aliphatic hydroxyl groups excluding tert-OH is 1. The monoisotopic (exact) mass is 914 g/mol. The van der Waals surface area contributed by atoms with E-state index >= 15 is 0 Å². The van der Waals surface area contributed by atoms with Gasteiger partial charge < -0.3 is 25.2 Å². The SMILES string of the molecule is CC/C=C\C/C=C\C/C=C\C/C=C\C/C=C\C/C=C\C/C=C\CCCC(=O)OCC(O)COP(=O)(O)OCC(NC(=O)CCCCCCCCC/C=C\C/C=C\CCCCC)C(=O)O. The molecule has 362 valence electrons. The van der Waals surface area contributed by atoms with Crippen molar-refractivity contribution in [2.24, 2.45) is 0 Å². The number of carboxylic acids is 1. The molecule has 0 heterocycles. The van der Waals surface area contributed by atoms with Gasteiger partial charge in [-0.15, -0.1) is 0 Å². The molecule has 0 bridgehead atoms. The maximum Gasteiger partial charge on any atom is 0.472 e. The summed E-state index contributed by atoms with van der Waals surface area (Å²) in [6.07, 6.45) is 59.7. The predicted octanol–water partition coefficient (Wildman–Crippen LogP) is 13.0. The molecule has 3 unspecified atom stereocenters. The average molecular weight is 914 g/mol. The molecule has 3 atom stereocenters. The van der Waals surface area contributed by atoms with Gasteiger partial charge in [0, 0.05) is 12.8 Å². The molecule has 64 heavy (non-hydrogen) atoms. The van der Waals surface area contributed by atoms with Gasteiger partial charge in [-0.25, -0.2) is 9.36 Å². The lowest BCUT2D eigenvalue weighted by molar-refractivity contribution is -0.147. The zero-order valence-electron chi connectivity index (χ0n) is 39.3. The Hall–Kier alpha value is -3.86. The number of ether oxygens (including phenoxy) is 1. The normalized spacial score (nSPS) is 14.6. The van der Waals surface area contributed by atoms with Crippen molar-refractivity contribution in [1.82, 2.24) is 5.32 Å². The van der Waals surface area contributed by atoms with Crippen LogP contribution >= 0.6 is 7.82 Å². The summed E-state index contributed by atoms with van der Waals surface area (Å²) < 4.78 is 26.8. The quantitative estimate of drug-likeness (QED) is 0.0200. The highest BCUT2D eigenvalue weighted by Crippen LogP contribution is 2.43. The van der Waals surface area contributed by atoms with E-state index in [0.717, 1.165) is 96.3 Å². The van der Waals surface area contributed by atoms with Gasteiger partial charge in [0.05, 0.1) is 13.2 Å². The molecule has 0 aromatic carbocycles. The number of carbonyl (C=O) groups excluding carboxylic acids is 2. The van der Waals surface area contributed by atoms with Gasteiger partial charge in [0.15, 0.2) is 6.04 Å². The Kier molecular flexibility index (Phi) is 42.9. The first-order chi connectivity index (χ1) is 31.1. The third-order valence-electron chi connectivity index (χ3n) is 9.55. The average Bonchev–Trinajstić information content (AvgIpc) is 3.27. The number of nitrogens with one attached hydrogen (secondary N) is 1. The molecule has 0 saturated carbocycles. The van der Waals surface area contributed by atoms with E-state index in [9.17, 15) is 34.1 Å². The minimum absolute atomic E-state index is 0.127. The summed E-state index contributed by atoms with van der Waals surface area (Å²) in [5, 5.41) is 21.9. The topological polar surface area (TPSA) is 169 Å². The van der Waals surface area contributed by atoms with Crippen LogP contribution in [0.1, 0.15) is 168 Å². The number of hydrogen-bond acceptors (Lipinski definition) is 8. The van der Waals surface area contributed by atoms with Crippen molar-refractivity contribution in [2.75, 3.05) is 19.8 Å². The van der Waals surface area contributed by atoms with Crippen LogP contribution in [0.5, 0.6) is 0 Å². The van der Waals surface area contributed by atoms with Gasteiger partial charge in [-0.1, -0.05) is 168 Å². The first-order valence-electron chi connectivity index (χ1n) is 23.9. The number of esters is 1. The minimum Gasteiger partial charge on any atom is -0.480 e. The Morgan fingerprint density at radius 2 is 0.922 bits per heavy atom. The van der Waals surface area contributed by atoms with Crippen molar-refractivity contribution in [3.05, 3.63) is 109 Å². The van der Waals surface area contributed by atoms with Gasteiger partial charge in [0.2, 0.25) is 5.91 Å². The van der Waals surface area contributed by atoms with Gasteiger partial charge in [-0.2, -0.15) is 0 Å². The molecule has 0 aromatic rings. The van der Waals surface area contributed by atoms with Crippen LogP contribution in [-0.2, 0) is 32.7 Å². The first kappa shape index (κ1) is 60.1. The second-order valence-corrected chi connectivity index (χ2v) is 17.0. The summed E-state index contributed by atoms with van der Waals surface area (Å²) in [5.74, 6) is -2.46. The molecule has 0 aromatic heterocycles. The van der Waals surface area contributed by atoms with Crippen LogP contribution in [-0.4, -0.2) is 64.9 Å². The van der Waals surface area contributed by atoms with E-state index in [-0.39, 0.29) is 12.8 Å². The van der Waals surface area contributed by atoms with Crippen molar-refractivity contribution in [1.29, 1.82) is 0 Å². The summed E-state index contributed by atoms with van der Waals surface area (Å²) in [7, 11) is -4.78.